The van der Waals surface area contributed by atoms with Crippen molar-refractivity contribution in [2.24, 2.45) is 0 Å². The molecular formula is C21H22N2OS. The number of hydrogen-bond acceptors (Lipinski definition) is 3. The van der Waals surface area contributed by atoms with Crippen LogP contribution in [0.4, 0.5) is 0 Å². The van der Waals surface area contributed by atoms with Crippen molar-refractivity contribution < 1.29 is 4.79 Å². The summed E-state index contributed by atoms with van der Waals surface area (Å²) in [5, 5.41) is 0.951. The Morgan fingerprint density at radius 2 is 1.88 bits per heavy atom. The Bertz CT molecular complexity index is 861. The molecule has 0 radical (unpaired) electrons. The van der Waals surface area contributed by atoms with Crippen molar-refractivity contribution in [2.75, 3.05) is 7.05 Å². The lowest BCUT2D eigenvalue weighted by molar-refractivity contribution is -0.125. The maximum Gasteiger partial charge on any atom is 0.246 e. The second-order valence-electron chi connectivity index (χ2n) is 6.42. The minimum atomic E-state index is -0.0211. The van der Waals surface area contributed by atoms with Gasteiger partial charge in [-0.25, -0.2) is 4.98 Å². The van der Waals surface area contributed by atoms with Gasteiger partial charge in [0.2, 0.25) is 5.91 Å². The highest BCUT2D eigenvalue weighted by Gasteiger charge is 2.09. The Hall–Kier alpha value is -2.46. The van der Waals surface area contributed by atoms with Crippen LogP contribution in [0.3, 0.4) is 0 Å². The predicted molar refractivity (Wildman–Crippen MR) is 106 cm³/mol. The summed E-state index contributed by atoms with van der Waals surface area (Å²) in [7, 11) is 1.81. The highest BCUT2D eigenvalue weighted by atomic mass is 32.1. The monoisotopic (exact) mass is 350 g/mol. The van der Waals surface area contributed by atoms with Crippen LogP contribution in [0.2, 0.25) is 0 Å². The molecule has 0 atom stereocenters. The standard InChI is InChI=1S/C21H22N2OS/c1-15(2)17-11-8-16(9-12-17)10-13-21(24)23(3)14-20-22-18-6-4-5-7-19(18)25-20/h4-13,15H,14H2,1-3H3/b13-10+. The molecule has 0 N–H and O–H groups in total. The fourth-order valence-electron chi connectivity index (χ4n) is 2.56. The Balaban J connectivity index is 1.63. The van der Waals surface area contributed by atoms with E-state index in [0.717, 1.165) is 20.8 Å². The lowest BCUT2D eigenvalue weighted by Gasteiger charge is -2.12. The van der Waals surface area contributed by atoms with E-state index in [0.29, 0.717) is 12.5 Å². The first-order chi connectivity index (χ1) is 12.0. The molecule has 0 spiro atoms. The van der Waals surface area contributed by atoms with Crippen molar-refractivity contribution in [2.45, 2.75) is 26.3 Å². The number of benzene rings is 2. The molecule has 1 aromatic heterocycles. The van der Waals surface area contributed by atoms with Gasteiger partial charge in [0.25, 0.3) is 0 Å². The number of likely N-dealkylation sites (N-methyl/N-ethyl adjacent to an activating group) is 1. The van der Waals surface area contributed by atoms with Crippen LogP contribution in [0.25, 0.3) is 16.3 Å². The van der Waals surface area contributed by atoms with Crippen molar-refractivity contribution in [3.05, 3.63) is 70.7 Å². The molecule has 3 rings (SSSR count). The van der Waals surface area contributed by atoms with Gasteiger partial charge in [0, 0.05) is 13.1 Å². The number of amides is 1. The van der Waals surface area contributed by atoms with Gasteiger partial charge >= 0.3 is 0 Å². The minimum absolute atomic E-state index is 0.0211. The summed E-state index contributed by atoms with van der Waals surface area (Å²) < 4.78 is 1.15. The molecule has 128 valence electrons. The minimum Gasteiger partial charge on any atom is -0.335 e. The maximum absolute atomic E-state index is 12.3. The zero-order valence-corrected chi connectivity index (χ0v) is 15.6. The van der Waals surface area contributed by atoms with Crippen molar-refractivity contribution in [1.29, 1.82) is 0 Å². The van der Waals surface area contributed by atoms with E-state index in [1.165, 1.54) is 5.56 Å². The van der Waals surface area contributed by atoms with E-state index in [-0.39, 0.29) is 5.91 Å². The van der Waals surface area contributed by atoms with Gasteiger partial charge in [-0.3, -0.25) is 4.79 Å². The zero-order valence-electron chi connectivity index (χ0n) is 14.8. The SMILES string of the molecule is CC(C)c1ccc(/C=C/C(=O)N(C)Cc2nc3ccccc3s2)cc1. The third kappa shape index (κ3) is 4.34. The molecular weight excluding hydrogens is 328 g/mol. The predicted octanol–water partition coefficient (Wildman–Crippen LogP) is 5.09. The zero-order chi connectivity index (χ0) is 17.8. The summed E-state index contributed by atoms with van der Waals surface area (Å²) in [6, 6.07) is 16.4. The highest BCUT2D eigenvalue weighted by molar-refractivity contribution is 7.18. The number of fused-ring (bicyclic) bond motifs is 1. The van der Waals surface area contributed by atoms with E-state index in [9.17, 15) is 4.79 Å². The van der Waals surface area contributed by atoms with Crippen LogP contribution in [0.5, 0.6) is 0 Å². The smallest absolute Gasteiger partial charge is 0.246 e. The summed E-state index contributed by atoms with van der Waals surface area (Å²) >= 11 is 1.63. The van der Waals surface area contributed by atoms with Crippen LogP contribution in [-0.4, -0.2) is 22.8 Å². The molecule has 0 saturated carbocycles. The molecule has 0 bridgehead atoms. The fraction of sp³-hybridized carbons (Fsp3) is 0.238. The summed E-state index contributed by atoms with van der Waals surface area (Å²) in [6.07, 6.45) is 3.49. The van der Waals surface area contributed by atoms with Crippen molar-refractivity contribution in [3.63, 3.8) is 0 Å². The largest absolute Gasteiger partial charge is 0.335 e. The number of para-hydroxylation sites is 1. The molecule has 0 fully saturated rings. The molecule has 0 aliphatic carbocycles. The van der Waals surface area contributed by atoms with Gasteiger partial charge in [-0.1, -0.05) is 50.2 Å². The van der Waals surface area contributed by atoms with Gasteiger partial charge in [0.1, 0.15) is 5.01 Å². The number of rotatable bonds is 5. The molecule has 25 heavy (non-hydrogen) atoms. The first kappa shape index (κ1) is 17.4. The number of thiazole rings is 1. The lowest BCUT2D eigenvalue weighted by atomic mass is 10.0. The van der Waals surface area contributed by atoms with Crippen molar-refractivity contribution >= 4 is 33.5 Å². The van der Waals surface area contributed by atoms with Gasteiger partial charge in [0.05, 0.1) is 16.8 Å². The van der Waals surface area contributed by atoms with Crippen LogP contribution in [0.15, 0.2) is 54.6 Å². The third-order valence-electron chi connectivity index (χ3n) is 4.11. The Labute approximate surface area is 152 Å². The molecule has 3 nitrogen and oxygen atoms in total. The molecule has 0 aliphatic heterocycles. The second kappa shape index (κ2) is 7.62. The molecule has 0 aliphatic rings. The highest BCUT2D eigenvalue weighted by Crippen LogP contribution is 2.22. The van der Waals surface area contributed by atoms with Crippen LogP contribution in [0.1, 0.15) is 35.9 Å². The van der Waals surface area contributed by atoms with Gasteiger partial charge < -0.3 is 4.90 Å². The Morgan fingerprint density at radius 1 is 1.16 bits per heavy atom. The number of nitrogens with zero attached hydrogens (tertiary/aromatic N) is 2. The summed E-state index contributed by atoms with van der Waals surface area (Å²) in [5.41, 5.74) is 3.33. The summed E-state index contributed by atoms with van der Waals surface area (Å²) in [6.45, 7) is 4.87. The lowest BCUT2D eigenvalue weighted by Crippen LogP contribution is -2.23. The molecule has 3 aromatic rings. The molecule has 1 heterocycles. The van der Waals surface area contributed by atoms with E-state index in [1.807, 2.05) is 36.4 Å². The third-order valence-corrected chi connectivity index (χ3v) is 5.13. The topological polar surface area (TPSA) is 33.2 Å². The molecule has 0 saturated heterocycles. The fourth-order valence-corrected chi connectivity index (χ4v) is 3.58. The van der Waals surface area contributed by atoms with E-state index >= 15 is 0 Å². The van der Waals surface area contributed by atoms with Gasteiger partial charge in [-0.15, -0.1) is 11.3 Å². The van der Waals surface area contributed by atoms with Crippen molar-refractivity contribution in [1.82, 2.24) is 9.88 Å². The molecule has 2 aromatic carbocycles. The number of carbonyl (C=O) groups is 1. The van der Waals surface area contributed by atoms with Crippen molar-refractivity contribution in [3.8, 4) is 0 Å². The number of carbonyl (C=O) groups excluding carboxylic acids is 1. The first-order valence-electron chi connectivity index (χ1n) is 8.40. The van der Waals surface area contributed by atoms with Crippen LogP contribution >= 0.6 is 11.3 Å². The summed E-state index contributed by atoms with van der Waals surface area (Å²) in [5.74, 6) is 0.492. The molecule has 0 unspecified atom stereocenters. The molecule has 1 amide bonds. The maximum atomic E-state index is 12.3. The second-order valence-corrected chi connectivity index (χ2v) is 7.54. The summed E-state index contributed by atoms with van der Waals surface area (Å²) in [4.78, 5) is 18.6. The van der Waals surface area contributed by atoms with Crippen LogP contribution in [-0.2, 0) is 11.3 Å². The number of aromatic nitrogens is 1. The van der Waals surface area contributed by atoms with Crippen LogP contribution < -0.4 is 0 Å². The van der Waals surface area contributed by atoms with Gasteiger partial charge in [-0.2, -0.15) is 0 Å². The average Bonchev–Trinajstić information content (AvgIpc) is 3.02. The quantitative estimate of drug-likeness (QED) is 0.600. The van der Waals surface area contributed by atoms with E-state index < -0.39 is 0 Å². The first-order valence-corrected chi connectivity index (χ1v) is 9.22. The van der Waals surface area contributed by atoms with Crippen LogP contribution in [0, 0.1) is 0 Å². The normalized spacial score (nSPS) is 11.5. The van der Waals surface area contributed by atoms with E-state index in [4.69, 9.17) is 0 Å². The van der Waals surface area contributed by atoms with E-state index in [2.05, 4.69) is 37.0 Å². The van der Waals surface area contributed by atoms with Gasteiger partial charge in [0.15, 0.2) is 0 Å². The Morgan fingerprint density at radius 3 is 2.56 bits per heavy atom. The molecule has 4 heteroatoms. The van der Waals surface area contributed by atoms with Gasteiger partial charge in [-0.05, 0) is 35.3 Å². The van der Waals surface area contributed by atoms with E-state index in [1.54, 1.807) is 29.4 Å². The Kier molecular flexibility index (Phi) is 5.29. The number of hydrogen-bond donors (Lipinski definition) is 0. The average molecular weight is 350 g/mol.